The van der Waals surface area contributed by atoms with Gasteiger partial charge >= 0.3 is 0 Å². The van der Waals surface area contributed by atoms with Crippen molar-refractivity contribution in [3.8, 4) is 11.5 Å². The molecule has 6 heteroatoms. The van der Waals surface area contributed by atoms with Crippen LogP contribution in [0.4, 0.5) is 5.69 Å². The molecule has 3 aromatic carbocycles. The van der Waals surface area contributed by atoms with Crippen LogP contribution in [0.3, 0.4) is 0 Å². The van der Waals surface area contributed by atoms with Crippen molar-refractivity contribution in [2.24, 2.45) is 5.73 Å². The number of likely N-dealkylation sites (tertiary alicyclic amines) is 1. The first-order chi connectivity index (χ1) is 16.1. The van der Waals surface area contributed by atoms with E-state index in [9.17, 15) is 9.59 Å². The van der Waals surface area contributed by atoms with E-state index in [4.69, 9.17) is 10.5 Å². The van der Waals surface area contributed by atoms with Gasteiger partial charge in [-0.05, 0) is 42.3 Å². The number of ether oxygens (including phenoxy) is 1. The Labute approximate surface area is 193 Å². The lowest BCUT2D eigenvalue weighted by atomic mass is 10.2. The van der Waals surface area contributed by atoms with Crippen molar-refractivity contribution in [1.29, 1.82) is 0 Å². The van der Waals surface area contributed by atoms with Crippen LogP contribution in [0.5, 0.6) is 11.5 Å². The van der Waals surface area contributed by atoms with Crippen LogP contribution >= 0.6 is 0 Å². The Hall–Kier alpha value is -3.90. The summed E-state index contributed by atoms with van der Waals surface area (Å²) in [6, 6.07) is 26.2. The average Bonchev–Trinajstić information content (AvgIpc) is 3.29. The Balaban J connectivity index is 1.57. The summed E-state index contributed by atoms with van der Waals surface area (Å²) in [5.74, 6) is 0.865. The summed E-state index contributed by atoms with van der Waals surface area (Å²) < 4.78 is 5.93. The van der Waals surface area contributed by atoms with E-state index in [1.54, 1.807) is 23.1 Å². The number of hydrogen-bond acceptors (Lipinski definition) is 4. The van der Waals surface area contributed by atoms with Crippen molar-refractivity contribution in [2.45, 2.75) is 12.5 Å². The molecule has 1 aliphatic heterocycles. The smallest absolute Gasteiger partial charge is 0.251 e. The van der Waals surface area contributed by atoms with Gasteiger partial charge in [0.25, 0.3) is 5.91 Å². The van der Waals surface area contributed by atoms with Crippen LogP contribution in [0.1, 0.15) is 12.0 Å². The average molecular weight is 442 g/mol. The number of benzene rings is 3. The number of carbonyl (C=O) groups excluding carboxylic acids is 2. The second-order valence-corrected chi connectivity index (χ2v) is 7.97. The van der Waals surface area contributed by atoms with Crippen LogP contribution in [-0.2, 0) is 9.59 Å². The zero-order valence-corrected chi connectivity index (χ0v) is 18.3. The van der Waals surface area contributed by atoms with Gasteiger partial charge in [-0.3, -0.25) is 14.5 Å². The van der Waals surface area contributed by atoms with Crippen LogP contribution in [0.25, 0.3) is 6.08 Å². The van der Waals surface area contributed by atoms with Gasteiger partial charge < -0.3 is 15.4 Å². The Kier molecular flexibility index (Phi) is 7.17. The predicted octanol–water partition coefficient (Wildman–Crippen LogP) is 4.08. The van der Waals surface area contributed by atoms with E-state index in [0.29, 0.717) is 30.3 Å². The third-order valence-corrected chi connectivity index (χ3v) is 5.46. The van der Waals surface area contributed by atoms with Gasteiger partial charge in [0.1, 0.15) is 18.0 Å². The largest absolute Gasteiger partial charge is 0.457 e. The Bertz CT molecular complexity index is 1120. The first-order valence-electron chi connectivity index (χ1n) is 11.0. The van der Waals surface area contributed by atoms with Gasteiger partial charge in [0.2, 0.25) is 5.91 Å². The molecular weight excluding hydrogens is 414 g/mol. The highest BCUT2D eigenvalue weighted by Crippen LogP contribution is 2.26. The topological polar surface area (TPSA) is 75.9 Å². The van der Waals surface area contributed by atoms with Crippen molar-refractivity contribution >= 4 is 23.6 Å². The lowest BCUT2D eigenvalue weighted by Gasteiger charge is -2.25. The Morgan fingerprint density at radius 1 is 0.970 bits per heavy atom. The monoisotopic (exact) mass is 441 g/mol. The van der Waals surface area contributed by atoms with E-state index in [0.717, 1.165) is 12.0 Å². The molecule has 0 saturated carbocycles. The molecule has 33 heavy (non-hydrogen) atoms. The molecule has 2 N–H and O–H groups in total. The minimum atomic E-state index is -0.285. The molecule has 0 spiro atoms. The lowest BCUT2D eigenvalue weighted by Crippen LogP contribution is -2.42. The number of rotatable bonds is 7. The molecule has 1 saturated heterocycles. The number of para-hydroxylation sites is 1. The van der Waals surface area contributed by atoms with E-state index < -0.39 is 0 Å². The standard InChI is InChI=1S/C27H27N3O3/c28-22-16-17-29(19-22)27(32)20-30(26(31)15-14-21-8-3-1-4-9-21)23-10-7-13-25(18-23)33-24-11-5-2-6-12-24/h1-15,18,22H,16-17,19-20,28H2/b15-14+. The molecule has 1 aliphatic rings. The maximum absolute atomic E-state index is 13.2. The van der Waals surface area contributed by atoms with Crippen LogP contribution in [0.2, 0.25) is 0 Å². The van der Waals surface area contributed by atoms with Crippen molar-refractivity contribution in [3.63, 3.8) is 0 Å². The molecule has 1 heterocycles. The molecule has 0 bridgehead atoms. The number of anilines is 1. The molecule has 168 valence electrons. The van der Waals surface area contributed by atoms with Crippen LogP contribution in [0, 0.1) is 0 Å². The van der Waals surface area contributed by atoms with Gasteiger partial charge in [-0.2, -0.15) is 0 Å². The van der Waals surface area contributed by atoms with Gasteiger partial charge in [0.15, 0.2) is 0 Å². The van der Waals surface area contributed by atoms with Crippen molar-refractivity contribution in [3.05, 3.63) is 96.6 Å². The highest BCUT2D eigenvalue weighted by Gasteiger charge is 2.27. The van der Waals surface area contributed by atoms with Crippen molar-refractivity contribution in [2.75, 3.05) is 24.5 Å². The SMILES string of the molecule is NC1CCN(C(=O)CN(C(=O)/C=C/c2ccccc2)c2cccc(Oc3ccccc3)c2)C1. The summed E-state index contributed by atoms with van der Waals surface area (Å²) in [4.78, 5) is 29.3. The third-order valence-electron chi connectivity index (χ3n) is 5.46. The fourth-order valence-corrected chi connectivity index (χ4v) is 3.71. The number of carbonyl (C=O) groups is 2. The molecule has 0 aliphatic carbocycles. The number of hydrogen-bond donors (Lipinski definition) is 1. The molecule has 0 radical (unpaired) electrons. The number of nitrogens with zero attached hydrogens (tertiary/aromatic N) is 2. The normalized spacial score (nSPS) is 15.5. The maximum atomic E-state index is 13.2. The van der Waals surface area contributed by atoms with E-state index in [-0.39, 0.29) is 24.4 Å². The Morgan fingerprint density at radius 2 is 1.67 bits per heavy atom. The predicted molar refractivity (Wildman–Crippen MR) is 130 cm³/mol. The summed E-state index contributed by atoms with van der Waals surface area (Å²) in [6.07, 6.45) is 4.01. The molecule has 1 fully saturated rings. The molecular formula is C27H27N3O3. The van der Waals surface area contributed by atoms with Gasteiger partial charge in [-0.15, -0.1) is 0 Å². The molecule has 6 nitrogen and oxygen atoms in total. The minimum absolute atomic E-state index is 0.0151. The van der Waals surface area contributed by atoms with Crippen molar-refractivity contribution < 1.29 is 14.3 Å². The molecule has 1 unspecified atom stereocenters. The van der Waals surface area contributed by atoms with E-state index >= 15 is 0 Å². The van der Waals surface area contributed by atoms with Crippen LogP contribution < -0.4 is 15.4 Å². The van der Waals surface area contributed by atoms with Crippen molar-refractivity contribution in [1.82, 2.24) is 4.90 Å². The summed E-state index contributed by atoms with van der Waals surface area (Å²) in [5.41, 5.74) is 7.46. The highest BCUT2D eigenvalue weighted by molar-refractivity contribution is 6.06. The Morgan fingerprint density at radius 3 is 2.36 bits per heavy atom. The summed E-state index contributed by atoms with van der Waals surface area (Å²) >= 11 is 0. The zero-order valence-electron chi connectivity index (χ0n) is 18.3. The molecule has 1 atom stereocenters. The van der Waals surface area contributed by atoms with Gasteiger partial charge in [0, 0.05) is 37.0 Å². The molecule has 4 rings (SSSR count). The molecule has 0 aromatic heterocycles. The summed E-state index contributed by atoms with van der Waals surface area (Å²) in [6.45, 7) is 1.05. The zero-order chi connectivity index (χ0) is 23.0. The second kappa shape index (κ2) is 10.6. The number of amides is 2. The van der Waals surface area contributed by atoms with Gasteiger partial charge in [-0.1, -0.05) is 54.6 Å². The van der Waals surface area contributed by atoms with Gasteiger partial charge in [-0.25, -0.2) is 0 Å². The van der Waals surface area contributed by atoms with Crippen LogP contribution in [-0.4, -0.2) is 42.4 Å². The van der Waals surface area contributed by atoms with Crippen LogP contribution in [0.15, 0.2) is 91.0 Å². The summed E-state index contributed by atoms with van der Waals surface area (Å²) in [5, 5.41) is 0. The first kappa shape index (κ1) is 22.3. The second-order valence-electron chi connectivity index (χ2n) is 7.97. The van der Waals surface area contributed by atoms with E-state index in [1.165, 1.54) is 11.0 Å². The van der Waals surface area contributed by atoms with Gasteiger partial charge in [0.05, 0.1) is 0 Å². The molecule has 3 aromatic rings. The van der Waals surface area contributed by atoms with E-state index in [2.05, 4.69) is 0 Å². The minimum Gasteiger partial charge on any atom is -0.457 e. The first-order valence-corrected chi connectivity index (χ1v) is 11.0. The number of nitrogens with two attached hydrogens (primary N) is 1. The lowest BCUT2D eigenvalue weighted by molar-refractivity contribution is -0.130. The van der Waals surface area contributed by atoms with E-state index in [1.807, 2.05) is 72.8 Å². The maximum Gasteiger partial charge on any atom is 0.251 e. The highest BCUT2D eigenvalue weighted by atomic mass is 16.5. The summed E-state index contributed by atoms with van der Waals surface area (Å²) in [7, 11) is 0. The molecule has 2 amide bonds. The third kappa shape index (κ3) is 6.08. The quantitative estimate of drug-likeness (QED) is 0.561. The fraction of sp³-hybridized carbons (Fsp3) is 0.185. The fourth-order valence-electron chi connectivity index (χ4n) is 3.71.